The third-order valence-electron chi connectivity index (χ3n) is 4.78. The van der Waals surface area contributed by atoms with Crippen molar-refractivity contribution in [3.05, 3.63) is 82.1 Å². The first kappa shape index (κ1) is 22.3. The van der Waals surface area contributed by atoms with Crippen LogP contribution in [0.2, 0.25) is 0 Å². The van der Waals surface area contributed by atoms with Gasteiger partial charge >= 0.3 is 5.91 Å². The Labute approximate surface area is 195 Å². The van der Waals surface area contributed by atoms with Crippen molar-refractivity contribution in [3.63, 3.8) is 0 Å². The summed E-state index contributed by atoms with van der Waals surface area (Å²) in [6.07, 6.45) is 0. The zero-order chi connectivity index (χ0) is 23.6. The van der Waals surface area contributed by atoms with Crippen LogP contribution in [-0.4, -0.2) is 31.6 Å². The van der Waals surface area contributed by atoms with E-state index in [9.17, 15) is 9.59 Å². The van der Waals surface area contributed by atoms with Crippen LogP contribution >= 0.6 is 11.3 Å². The molecule has 0 unspecified atom stereocenters. The molecule has 2 heterocycles. The molecule has 9 heteroatoms. The molecule has 4 rings (SSSR count). The fraction of sp³-hybridized carbons (Fsp3) is 0.208. The van der Waals surface area contributed by atoms with Crippen LogP contribution in [0.25, 0.3) is 17.1 Å². The molecule has 2 N–H and O–H groups in total. The van der Waals surface area contributed by atoms with Crippen LogP contribution in [-0.2, 0) is 5.41 Å². The van der Waals surface area contributed by atoms with Gasteiger partial charge in [-0.3, -0.25) is 20.4 Å². The first-order valence-electron chi connectivity index (χ1n) is 10.4. The van der Waals surface area contributed by atoms with Crippen LogP contribution < -0.4 is 10.9 Å². The lowest BCUT2D eigenvalue weighted by molar-refractivity contribution is 0.0842. The van der Waals surface area contributed by atoms with Crippen LogP contribution in [0, 0.1) is 6.92 Å². The minimum absolute atomic E-state index is 0.0607. The van der Waals surface area contributed by atoms with E-state index in [2.05, 4.69) is 25.9 Å². The maximum Gasteiger partial charge on any atom is 0.309 e. The highest BCUT2D eigenvalue weighted by Gasteiger charge is 2.24. The molecule has 0 saturated heterocycles. The Kier molecular flexibility index (Phi) is 6.06. The number of para-hydroxylation sites is 1. The molecule has 168 valence electrons. The Balaban J connectivity index is 1.56. The van der Waals surface area contributed by atoms with Crippen LogP contribution in [0.4, 0.5) is 0 Å². The van der Waals surface area contributed by atoms with Crippen molar-refractivity contribution >= 4 is 23.2 Å². The number of nitrogens with zero attached hydrogens (tertiary/aromatic N) is 4. The molecular formula is C24H24N6O2S. The summed E-state index contributed by atoms with van der Waals surface area (Å²) in [6, 6.07) is 18.9. The van der Waals surface area contributed by atoms with Crippen LogP contribution in [0.5, 0.6) is 0 Å². The van der Waals surface area contributed by atoms with Gasteiger partial charge in [-0.05, 0) is 19.1 Å². The number of hydrogen-bond acceptors (Lipinski definition) is 6. The number of aryl methyl sites for hydroxylation is 1. The average molecular weight is 461 g/mol. The number of aromatic nitrogens is 4. The standard InChI is InChI=1S/C24H24N6O2S/c1-15-18(33-23(25-15)24(2,3)4)21(31)27-28-22(32)19-26-20(16-11-7-5-8-12-16)30(29-19)17-13-9-6-10-14-17/h5-14H,1-4H3,(H,27,31)(H,28,32). The van der Waals surface area contributed by atoms with Crippen molar-refractivity contribution in [2.24, 2.45) is 0 Å². The molecule has 0 radical (unpaired) electrons. The molecule has 0 aliphatic carbocycles. The molecule has 0 bridgehead atoms. The number of thiazole rings is 1. The van der Waals surface area contributed by atoms with E-state index in [1.165, 1.54) is 11.3 Å². The first-order valence-corrected chi connectivity index (χ1v) is 11.2. The summed E-state index contributed by atoms with van der Waals surface area (Å²) < 4.78 is 1.61. The number of rotatable bonds is 4. The molecule has 33 heavy (non-hydrogen) atoms. The Bertz CT molecular complexity index is 1230. The number of benzene rings is 2. The van der Waals surface area contributed by atoms with E-state index in [4.69, 9.17) is 0 Å². The molecule has 4 aromatic rings. The molecule has 2 aromatic heterocycles. The number of nitrogens with one attached hydrogen (secondary N) is 2. The molecule has 0 spiro atoms. The summed E-state index contributed by atoms with van der Waals surface area (Å²) in [4.78, 5) is 34.8. The third kappa shape index (κ3) is 4.83. The summed E-state index contributed by atoms with van der Waals surface area (Å²) in [5.41, 5.74) is 6.90. The molecule has 2 aromatic carbocycles. The lowest BCUT2D eigenvalue weighted by Gasteiger charge is -2.13. The minimum atomic E-state index is -0.617. The van der Waals surface area contributed by atoms with Crippen LogP contribution in [0.3, 0.4) is 0 Å². The fourth-order valence-corrected chi connectivity index (χ4v) is 4.10. The Hall–Kier alpha value is -3.85. The molecule has 2 amide bonds. The summed E-state index contributed by atoms with van der Waals surface area (Å²) in [6.45, 7) is 7.88. The van der Waals surface area contributed by atoms with Crippen molar-refractivity contribution in [3.8, 4) is 17.1 Å². The Morgan fingerprint density at radius 1 is 0.879 bits per heavy atom. The quantitative estimate of drug-likeness (QED) is 0.447. The normalized spacial score (nSPS) is 11.3. The second kappa shape index (κ2) is 8.95. The number of carbonyl (C=O) groups is 2. The molecule has 0 saturated carbocycles. The summed E-state index contributed by atoms with van der Waals surface area (Å²) >= 11 is 1.31. The van der Waals surface area contributed by atoms with Crippen molar-refractivity contribution in [1.29, 1.82) is 0 Å². The highest BCUT2D eigenvalue weighted by atomic mass is 32.1. The van der Waals surface area contributed by atoms with Crippen molar-refractivity contribution in [2.45, 2.75) is 33.1 Å². The number of carbonyl (C=O) groups excluding carboxylic acids is 2. The van der Waals surface area contributed by atoms with E-state index >= 15 is 0 Å². The first-order chi connectivity index (χ1) is 15.7. The van der Waals surface area contributed by atoms with Gasteiger partial charge in [-0.25, -0.2) is 14.6 Å². The van der Waals surface area contributed by atoms with Gasteiger partial charge in [0.05, 0.1) is 16.4 Å². The lowest BCUT2D eigenvalue weighted by Crippen LogP contribution is -2.42. The van der Waals surface area contributed by atoms with Gasteiger partial charge in [0.1, 0.15) is 4.88 Å². The number of hydrazine groups is 1. The predicted octanol–water partition coefficient (Wildman–Crippen LogP) is 4.07. The van der Waals surface area contributed by atoms with Gasteiger partial charge in [-0.15, -0.1) is 16.4 Å². The minimum Gasteiger partial charge on any atom is -0.266 e. The second-order valence-corrected chi connectivity index (χ2v) is 9.46. The van der Waals surface area contributed by atoms with Crippen molar-refractivity contribution in [1.82, 2.24) is 30.6 Å². The SMILES string of the molecule is Cc1nc(C(C)(C)C)sc1C(=O)NNC(=O)c1nc(-c2ccccc2)n(-c2ccccc2)n1. The van der Waals surface area contributed by atoms with Gasteiger partial charge in [0.2, 0.25) is 5.82 Å². The third-order valence-corrected chi connectivity index (χ3v) is 6.36. The van der Waals surface area contributed by atoms with E-state index in [1.54, 1.807) is 11.6 Å². The Morgan fingerprint density at radius 3 is 2.09 bits per heavy atom. The zero-order valence-electron chi connectivity index (χ0n) is 18.8. The predicted molar refractivity (Wildman–Crippen MR) is 127 cm³/mol. The molecule has 0 aliphatic heterocycles. The van der Waals surface area contributed by atoms with Gasteiger partial charge in [0.25, 0.3) is 5.91 Å². The number of amides is 2. The lowest BCUT2D eigenvalue weighted by atomic mass is 9.98. The van der Waals surface area contributed by atoms with Gasteiger partial charge in [0, 0.05) is 11.0 Å². The molecule has 0 fully saturated rings. The van der Waals surface area contributed by atoms with E-state index in [0.29, 0.717) is 16.4 Å². The highest BCUT2D eigenvalue weighted by Crippen LogP contribution is 2.29. The summed E-state index contributed by atoms with van der Waals surface area (Å²) in [7, 11) is 0. The maximum atomic E-state index is 12.8. The van der Waals surface area contributed by atoms with E-state index in [1.807, 2.05) is 81.4 Å². The maximum absolute atomic E-state index is 12.8. The zero-order valence-corrected chi connectivity index (χ0v) is 19.6. The van der Waals surface area contributed by atoms with Gasteiger partial charge in [0.15, 0.2) is 5.82 Å². The van der Waals surface area contributed by atoms with Gasteiger partial charge in [-0.1, -0.05) is 69.3 Å². The monoisotopic (exact) mass is 460 g/mol. The summed E-state index contributed by atoms with van der Waals surface area (Å²) in [5.74, 6) is -0.589. The van der Waals surface area contributed by atoms with Crippen molar-refractivity contribution in [2.75, 3.05) is 0 Å². The largest absolute Gasteiger partial charge is 0.309 e. The molecular weight excluding hydrogens is 436 g/mol. The summed E-state index contributed by atoms with van der Waals surface area (Å²) in [5, 5.41) is 5.25. The highest BCUT2D eigenvalue weighted by molar-refractivity contribution is 7.14. The topological polar surface area (TPSA) is 102 Å². The van der Waals surface area contributed by atoms with Gasteiger partial charge in [-0.2, -0.15) is 0 Å². The van der Waals surface area contributed by atoms with E-state index < -0.39 is 11.8 Å². The molecule has 0 aliphatic rings. The average Bonchev–Trinajstić information content (AvgIpc) is 3.43. The second-order valence-electron chi connectivity index (χ2n) is 8.46. The van der Waals surface area contributed by atoms with Crippen LogP contribution in [0.1, 0.15) is 51.8 Å². The fourth-order valence-electron chi connectivity index (χ4n) is 3.09. The molecule has 8 nitrogen and oxygen atoms in total. The van der Waals surface area contributed by atoms with E-state index in [0.717, 1.165) is 16.3 Å². The Morgan fingerprint density at radius 2 is 1.48 bits per heavy atom. The van der Waals surface area contributed by atoms with E-state index in [-0.39, 0.29) is 11.2 Å². The van der Waals surface area contributed by atoms with Crippen molar-refractivity contribution < 1.29 is 9.59 Å². The number of hydrogen-bond donors (Lipinski definition) is 2. The molecule has 0 atom stereocenters. The van der Waals surface area contributed by atoms with Gasteiger partial charge < -0.3 is 0 Å². The van der Waals surface area contributed by atoms with Crippen LogP contribution in [0.15, 0.2) is 60.7 Å². The smallest absolute Gasteiger partial charge is 0.266 e.